The second-order valence-electron chi connectivity index (χ2n) is 5.70. The molecule has 1 aromatic heterocycles. The lowest BCUT2D eigenvalue weighted by Gasteiger charge is -2.27. The SMILES string of the molecule is C#Cc1ccc([C@H]2CC[C@H](CCCCC)CC2)nn1. The fourth-order valence-corrected chi connectivity index (χ4v) is 3.07. The number of aromatic nitrogens is 2. The monoisotopic (exact) mass is 256 g/mol. The van der Waals surface area contributed by atoms with Crippen molar-refractivity contribution in [1.29, 1.82) is 0 Å². The van der Waals surface area contributed by atoms with Gasteiger partial charge in [-0.3, -0.25) is 0 Å². The van der Waals surface area contributed by atoms with Crippen molar-refractivity contribution in [2.45, 2.75) is 64.2 Å². The number of hydrogen-bond donors (Lipinski definition) is 0. The second-order valence-corrected chi connectivity index (χ2v) is 5.70. The molecule has 2 heteroatoms. The maximum Gasteiger partial charge on any atom is 0.135 e. The summed E-state index contributed by atoms with van der Waals surface area (Å²) in [5, 5.41) is 8.35. The van der Waals surface area contributed by atoms with E-state index in [0.717, 1.165) is 11.6 Å². The van der Waals surface area contributed by atoms with E-state index in [1.165, 1.54) is 51.4 Å². The van der Waals surface area contributed by atoms with Crippen LogP contribution in [0.25, 0.3) is 0 Å². The molecular weight excluding hydrogens is 232 g/mol. The van der Waals surface area contributed by atoms with E-state index in [9.17, 15) is 0 Å². The molecule has 1 fully saturated rings. The van der Waals surface area contributed by atoms with Crippen molar-refractivity contribution < 1.29 is 0 Å². The van der Waals surface area contributed by atoms with Gasteiger partial charge in [0.05, 0.1) is 5.69 Å². The molecule has 0 saturated heterocycles. The van der Waals surface area contributed by atoms with E-state index in [0.29, 0.717) is 11.6 Å². The largest absolute Gasteiger partial charge is 0.154 e. The van der Waals surface area contributed by atoms with Crippen molar-refractivity contribution >= 4 is 0 Å². The first kappa shape index (κ1) is 14.1. The lowest BCUT2D eigenvalue weighted by Crippen LogP contribution is -2.14. The Kier molecular flexibility index (Phi) is 5.39. The maximum absolute atomic E-state index is 5.30. The van der Waals surface area contributed by atoms with E-state index in [-0.39, 0.29) is 0 Å². The van der Waals surface area contributed by atoms with Gasteiger partial charge < -0.3 is 0 Å². The topological polar surface area (TPSA) is 25.8 Å². The zero-order valence-corrected chi connectivity index (χ0v) is 11.9. The lowest BCUT2D eigenvalue weighted by atomic mass is 9.78. The highest BCUT2D eigenvalue weighted by molar-refractivity contribution is 5.24. The van der Waals surface area contributed by atoms with E-state index in [2.05, 4.69) is 29.1 Å². The Bertz CT molecular complexity index is 408. The van der Waals surface area contributed by atoms with Crippen LogP contribution in [-0.2, 0) is 0 Å². The van der Waals surface area contributed by atoms with Crippen LogP contribution in [0.1, 0.15) is 75.6 Å². The molecule has 0 bridgehead atoms. The first-order chi connectivity index (χ1) is 9.33. The van der Waals surface area contributed by atoms with Crippen LogP contribution in [-0.4, -0.2) is 10.2 Å². The lowest BCUT2D eigenvalue weighted by molar-refractivity contribution is 0.299. The molecule has 1 saturated carbocycles. The maximum atomic E-state index is 5.30. The molecule has 0 spiro atoms. The van der Waals surface area contributed by atoms with Crippen LogP contribution in [0.3, 0.4) is 0 Å². The zero-order chi connectivity index (χ0) is 13.5. The molecule has 0 N–H and O–H groups in total. The normalized spacial score (nSPS) is 22.9. The van der Waals surface area contributed by atoms with Crippen LogP contribution in [0.2, 0.25) is 0 Å². The molecule has 1 heterocycles. The van der Waals surface area contributed by atoms with Gasteiger partial charge in [0, 0.05) is 5.92 Å². The Balaban J connectivity index is 1.80. The summed E-state index contributed by atoms with van der Waals surface area (Å²) in [5.74, 6) is 4.06. The fraction of sp³-hybridized carbons (Fsp3) is 0.647. The molecule has 0 aliphatic heterocycles. The summed E-state index contributed by atoms with van der Waals surface area (Å²) >= 11 is 0. The van der Waals surface area contributed by atoms with Gasteiger partial charge in [0.2, 0.25) is 0 Å². The first-order valence-electron chi connectivity index (χ1n) is 7.63. The molecule has 1 aromatic rings. The molecular formula is C17H24N2. The number of hydrogen-bond acceptors (Lipinski definition) is 2. The Morgan fingerprint density at radius 3 is 2.53 bits per heavy atom. The van der Waals surface area contributed by atoms with Crippen molar-refractivity contribution in [3.8, 4) is 12.3 Å². The molecule has 1 aliphatic carbocycles. The number of terminal acetylenes is 1. The highest BCUT2D eigenvalue weighted by Crippen LogP contribution is 2.36. The fourth-order valence-electron chi connectivity index (χ4n) is 3.07. The van der Waals surface area contributed by atoms with Crippen LogP contribution in [0.5, 0.6) is 0 Å². The summed E-state index contributed by atoms with van der Waals surface area (Å²) in [4.78, 5) is 0. The molecule has 2 nitrogen and oxygen atoms in total. The summed E-state index contributed by atoms with van der Waals surface area (Å²) < 4.78 is 0. The third kappa shape index (κ3) is 4.06. The van der Waals surface area contributed by atoms with Gasteiger partial charge in [0.25, 0.3) is 0 Å². The predicted molar refractivity (Wildman–Crippen MR) is 78.8 cm³/mol. The van der Waals surface area contributed by atoms with Gasteiger partial charge in [-0.25, -0.2) is 0 Å². The molecule has 1 aliphatic rings. The number of nitrogens with zero attached hydrogens (tertiary/aromatic N) is 2. The van der Waals surface area contributed by atoms with Crippen molar-refractivity contribution in [2.24, 2.45) is 5.92 Å². The highest BCUT2D eigenvalue weighted by atomic mass is 15.1. The van der Waals surface area contributed by atoms with E-state index < -0.39 is 0 Å². The third-order valence-electron chi connectivity index (χ3n) is 4.31. The van der Waals surface area contributed by atoms with Crippen LogP contribution in [0, 0.1) is 18.3 Å². The van der Waals surface area contributed by atoms with E-state index in [1.54, 1.807) is 0 Å². The third-order valence-corrected chi connectivity index (χ3v) is 4.31. The van der Waals surface area contributed by atoms with Crippen LogP contribution in [0.15, 0.2) is 12.1 Å². The minimum atomic E-state index is 0.599. The van der Waals surface area contributed by atoms with Gasteiger partial charge in [0.1, 0.15) is 5.69 Å². The summed E-state index contributed by atoms with van der Waals surface area (Å²) in [6.07, 6.45) is 16.1. The summed E-state index contributed by atoms with van der Waals surface area (Å²) in [5.41, 5.74) is 1.77. The van der Waals surface area contributed by atoms with Crippen LogP contribution >= 0.6 is 0 Å². The quantitative estimate of drug-likeness (QED) is 0.579. The number of unbranched alkanes of at least 4 members (excludes halogenated alkanes) is 2. The van der Waals surface area contributed by atoms with Gasteiger partial charge in [0.15, 0.2) is 0 Å². The van der Waals surface area contributed by atoms with Crippen molar-refractivity contribution in [2.75, 3.05) is 0 Å². The molecule has 0 amide bonds. The minimum Gasteiger partial charge on any atom is -0.154 e. The van der Waals surface area contributed by atoms with Crippen molar-refractivity contribution in [1.82, 2.24) is 10.2 Å². The second kappa shape index (κ2) is 7.28. The smallest absolute Gasteiger partial charge is 0.135 e. The van der Waals surface area contributed by atoms with E-state index in [4.69, 9.17) is 6.42 Å². The van der Waals surface area contributed by atoms with Gasteiger partial charge >= 0.3 is 0 Å². The van der Waals surface area contributed by atoms with Crippen LogP contribution in [0.4, 0.5) is 0 Å². The molecule has 0 aromatic carbocycles. The van der Waals surface area contributed by atoms with Crippen LogP contribution < -0.4 is 0 Å². The Hall–Kier alpha value is -1.36. The van der Waals surface area contributed by atoms with Gasteiger partial charge in [-0.1, -0.05) is 32.6 Å². The summed E-state index contributed by atoms with van der Waals surface area (Å²) in [7, 11) is 0. The van der Waals surface area contributed by atoms with Crippen molar-refractivity contribution in [3.63, 3.8) is 0 Å². The minimum absolute atomic E-state index is 0.599. The van der Waals surface area contributed by atoms with Crippen molar-refractivity contribution in [3.05, 3.63) is 23.5 Å². The molecule has 19 heavy (non-hydrogen) atoms. The predicted octanol–water partition coefficient (Wildman–Crippen LogP) is 4.31. The highest BCUT2D eigenvalue weighted by Gasteiger charge is 2.23. The van der Waals surface area contributed by atoms with Gasteiger partial charge in [-0.15, -0.1) is 11.5 Å². The van der Waals surface area contributed by atoms with Gasteiger partial charge in [-0.05, 0) is 49.7 Å². The Morgan fingerprint density at radius 1 is 1.16 bits per heavy atom. The molecule has 2 rings (SSSR count). The Morgan fingerprint density at radius 2 is 1.95 bits per heavy atom. The average Bonchev–Trinajstić information content (AvgIpc) is 2.48. The zero-order valence-electron chi connectivity index (χ0n) is 11.9. The molecule has 0 radical (unpaired) electrons. The first-order valence-corrected chi connectivity index (χ1v) is 7.63. The summed E-state index contributed by atoms with van der Waals surface area (Å²) in [6.45, 7) is 2.27. The molecule has 0 atom stereocenters. The molecule has 0 unspecified atom stereocenters. The van der Waals surface area contributed by atoms with E-state index >= 15 is 0 Å². The van der Waals surface area contributed by atoms with Gasteiger partial charge in [-0.2, -0.15) is 5.10 Å². The molecule has 102 valence electrons. The number of rotatable bonds is 5. The summed E-state index contributed by atoms with van der Waals surface area (Å²) in [6, 6.07) is 3.97. The average molecular weight is 256 g/mol. The van der Waals surface area contributed by atoms with E-state index in [1.807, 2.05) is 6.07 Å². The Labute approximate surface area is 117 Å². The standard InChI is InChI=1S/C17H24N2/c1-3-5-6-7-14-8-10-15(11-9-14)17-13-12-16(4-2)18-19-17/h2,12-15H,3,5-11H2,1H3/t14-,15-.